The second kappa shape index (κ2) is 6.71. The maximum absolute atomic E-state index is 12.0. The number of nitrogens with zero attached hydrogens (tertiary/aromatic N) is 1. The van der Waals surface area contributed by atoms with Gasteiger partial charge in [-0.1, -0.05) is 23.7 Å². The molecule has 1 aromatic heterocycles. The van der Waals surface area contributed by atoms with E-state index in [-0.39, 0.29) is 17.6 Å². The Labute approximate surface area is 125 Å². The van der Waals surface area contributed by atoms with Crippen LogP contribution in [-0.4, -0.2) is 22.1 Å². The molecule has 0 aliphatic heterocycles. The first kappa shape index (κ1) is 14.8. The summed E-state index contributed by atoms with van der Waals surface area (Å²) >= 11 is 5.73. The summed E-state index contributed by atoms with van der Waals surface area (Å²) in [4.78, 5) is 26.3. The number of pyridine rings is 1. The van der Waals surface area contributed by atoms with Crippen LogP contribution in [0.5, 0.6) is 0 Å². The fraction of sp³-hybridized carbons (Fsp3) is 0.0714. The standard InChI is InChI=1S/C14H12ClN3O3/c15-12-7-10(4-5-16-12)13(19)18-11-3-1-2-9(6-11)8-17-14(20)21/h1-7,17H,8H2,(H,18,19)(H,20,21). The van der Waals surface area contributed by atoms with Crippen molar-refractivity contribution in [3.05, 3.63) is 58.9 Å². The van der Waals surface area contributed by atoms with Gasteiger partial charge in [0.1, 0.15) is 5.15 Å². The molecule has 1 aromatic carbocycles. The number of hydrogen-bond acceptors (Lipinski definition) is 3. The van der Waals surface area contributed by atoms with E-state index in [4.69, 9.17) is 16.7 Å². The molecule has 21 heavy (non-hydrogen) atoms. The molecular weight excluding hydrogens is 294 g/mol. The van der Waals surface area contributed by atoms with Crippen LogP contribution in [0.25, 0.3) is 0 Å². The van der Waals surface area contributed by atoms with Gasteiger partial charge in [0.05, 0.1) is 0 Å². The number of rotatable bonds is 4. The van der Waals surface area contributed by atoms with Crippen LogP contribution < -0.4 is 10.6 Å². The molecule has 2 amide bonds. The van der Waals surface area contributed by atoms with Gasteiger partial charge in [0.15, 0.2) is 0 Å². The molecule has 0 aliphatic carbocycles. The summed E-state index contributed by atoms with van der Waals surface area (Å²) in [7, 11) is 0. The third-order valence-corrected chi connectivity index (χ3v) is 2.82. The van der Waals surface area contributed by atoms with Crippen molar-refractivity contribution in [3.8, 4) is 0 Å². The van der Waals surface area contributed by atoms with Crippen LogP contribution in [0.4, 0.5) is 10.5 Å². The Morgan fingerprint density at radius 3 is 2.76 bits per heavy atom. The van der Waals surface area contributed by atoms with Crippen LogP contribution in [0, 0.1) is 0 Å². The number of carbonyl (C=O) groups is 2. The van der Waals surface area contributed by atoms with Crippen LogP contribution in [-0.2, 0) is 6.54 Å². The lowest BCUT2D eigenvalue weighted by Crippen LogP contribution is -2.20. The smallest absolute Gasteiger partial charge is 0.404 e. The Kier molecular flexibility index (Phi) is 4.73. The van der Waals surface area contributed by atoms with E-state index >= 15 is 0 Å². The Morgan fingerprint density at radius 2 is 2.05 bits per heavy atom. The third-order valence-electron chi connectivity index (χ3n) is 2.62. The summed E-state index contributed by atoms with van der Waals surface area (Å²) in [5.41, 5.74) is 1.70. The van der Waals surface area contributed by atoms with Gasteiger partial charge in [-0.2, -0.15) is 0 Å². The molecule has 2 rings (SSSR count). The van der Waals surface area contributed by atoms with Crippen molar-refractivity contribution < 1.29 is 14.7 Å². The summed E-state index contributed by atoms with van der Waals surface area (Å²) in [5, 5.41) is 13.8. The van der Waals surface area contributed by atoms with Gasteiger partial charge in [0.25, 0.3) is 5.91 Å². The SMILES string of the molecule is O=C(O)NCc1cccc(NC(=O)c2ccnc(Cl)c2)c1. The van der Waals surface area contributed by atoms with Crippen molar-refractivity contribution in [2.45, 2.75) is 6.54 Å². The van der Waals surface area contributed by atoms with Gasteiger partial charge in [-0.15, -0.1) is 0 Å². The van der Waals surface area contributed by atoms with Crippen LogP contribution in [0.1, 0.15) is 15.9 Å². The monoisotopic (exact) mass is 305 g/mol. The second-order valence-electron chi connectivity index (χ2n) is 4.18. The number of carboxylic acid groups (broad SMARTS) is 1. The van der Waals surface area contributed by atoms with Gasteiger partial charge in [0, 0.05) is 24.0 Å². The van der Waals surface area contributed by atoms with Crippen molar-refractivity contribution in [1.82, 2.24) is 10.3 Å². The topological polar surface area (TPSA) is 91.3 Å². The molecule has 0 radical (unpaired) electrons. The summed E-state index contributed by atoms with van der Waals surface area (Å²) in [6, 6.07) is 9.91. The number of hydrogen-bond donors (Lipinski definition) is 3. The Bertz CT molecular complexity index is 676. The first-order valence-electron chi connectivity index (χ1n) is 6.03. The van der Waals surface area contributed by atoms with Gasteiger partial charge >= 0.3 is 6.09 Å². The number of halogens is 1. The molecule has 0 unspecified atom stereocenters. The van der Waals surface area contributed by atoms with Crippen LogP contribution >= 0.6 is 11.6 Å². The molecule has 7 heteroatoms. The van der Waals surface area contributed by atoms with E-state index < -0.39 is 6.09 Å². The lowest BCUT2D eigenvalue weighted by Gasteiger charge is -2.08. The van der Waals surface area contributed by atoms with Crippen molar-refractivity contribution in [2.24, 2.45) is 0 Å². The Hall–Kier alpha value is -2.60. The van der Waals surface area contributed by atoms with Crippen LogP contribution in [0.3, 0.4) is 0 Å². The number of amides is 2. The quantitative estimate of drug-likeness (QED) is 0.757. The molecule has 1 heterocycles. The highest BCUT2D eigenvalue weighted by molar-refractivity contribution is 6.29. The fourth-order valence-corrected chi connectivity index (χ4v) is 1.86. The lowest BCUT2D eigenvalue weighted by molar-refractivity contribution is 0.102. The zero-order chi connectivity index (χ0) is 15.2. The van der Waals surface area contributed by atoms with Crippen molar-refractivity contribution in [2.75, 3.05) is 5.32 Å². The minimum Gasteiger partial charge on any atom is -0.465 e. The summed E-state index contributed by atoms with van der Waals surface area (Å²) < 4.78 is 0. The maximum Gasteiger partial charge on any atom is 0.404 e. The largest absolute Gasteiger partial charge is 0.465 e. The minimum absolute atomic E-state index is 0.167. The van der Waals surface area contributed by atoms with E-state index in [1.165, 1.54) is 12.3 Å². The molecule has 0 bridgehead atoms. The van der Waals surface area contributed by atoms with Gasteiger partial charge in [-0.05, 0) is 29.8 Å². The molecule has 0 spiro atoms. The minimum atomic E-state index is -1.10. The predicted molar refractivity (Wildman–Crippen MR) is 78.5 cm³/mol. The first-order chi connectivity index (χ1) is 10.0. The number of anilines is 1. The summed E-state index contributed by atoms with van der Waals surface area (Å²) in [6.07, 6.45) is 0.348. The van der Waals surface area contributed by atoms with Gasteiger partial charge in [0.2, 0.25) is 0 Å². The zero-order valence-corrected chi connectivity index (χ0v) is 11.6. The molecule has 0 saturated heterocycles. The average molecular weight is 306 g/mol. The molecular formula is C14H12ClN3O3. The third kappa shape index (κ3) is 4.47. The number of nitrogens with one attached hydrogen (secondary N) is 2. The van der Waals surface area contributed by atoms with Crippen molar-refractivity contribution in [1.29, 1.82) is 0 Å². The van der Waals surface area contributed by atoms with Crippen LogP contribution in [0.2, 0.25) is 5.15 Å². The first-order valence-corrected chi connectivity index (χ1v) is 6.41. The van der Waals surface area contributed by atoms with Gasteiger partial charge < -0.3 is 15.7 Å². The molecule has 3 N–H and O–H groups in total. The lowest BCUT2D eigenvalue weighted by atomic mass is 10.2. The van der Waals surface area contributed by atoms with Gasteiger partial charge in [-0.3, -0.25) is 4.79 Å². The molecule has 0 saturated carbocycles. The zero-order valence-electron chi connectivity index (χ0n) is 10.8. The summed E-state index contributed by atoms with van der Waals surface area (Å²) in [6.45, 7) is 0.167. The van der Waals surface area contributed by atoms with Gasteiger partial charge in [-0.25, -0.2) is 9.78 Å². The number of aromatic nitrogens is 1. The molecule has 0 fully saturated rings. The predicted octanol–water partition coefficient (Wildman–Crippen LogP) is 2.75. The van der Waals surface area contributed by atoms with E-state index in [9.17, 15) is 9.59 Å². The average Bonchev–Trinajstić information content (AvgIpc) is 2.45. The highest BCUT2D eigenvalue weighted by atomic mass is 35.5. The molecule has 6 nitrogen and oxygen atoms in total. The van der Waals surface area contributed by atoms with E-state index in [2.05, 4.69) is 15.6 Å². The van der Waals surface area contributed by atoms with Crippen LogP contribution in [0.15, 0.2) is 42.6 Å². The Morgan fingerprint density at radius 1 is 1.24 bits per heavy atom. The van der Waals surface area contributed by atoms with E-state index in [1.807, 2.05) is 0 Å². The molecule has 108 valence electrons. The molecule has 2 aromatic rings. The highest BCUT2D eigenvalue weighted by Gasteiger charge is 2.07. The fourth-order valence-electron chi connectivity index (χ4n) is 1.68. The highest BCUT2D eigenvalue weighted by Crippen LogP contribution is 2.13. The second-order valence-corrected chi connectivity index (χ2v) is 4.57. The number of benzene rings is 1. The molecule has 0 aliphatic rings. The normalized spacial score (nSPS) is 9.95. The van der Waals surface area contributed by atoms with E-state index in [0.29, 0.717) is 11.3 Å². The van der Waals surface area contributed by atoms with Crippen molar-refractivity contribution in [3.63, 3.8) is 0 Å². The van der Waals surface area contributed by atoms with E-state index in [1.54, 1.807) is 30.3 Å². The number of carbonyl (C=O) groups excluding carboxylic acids is 1. The summed E-state index contributed by atoms with van der Waals surface area (Å²) in [5.74, 6) is -0.317. The maximum atomic E-state index is 12.0. The van der Waals surface area contributed by atoms with Crippen molar-refractivity contribution >= 4 is 29.3 Å². The molecule has 0 atom stereocenters. The Balaban J connectivity index is 2.07. The van der Waals surface area contributed by atoms with E-state index in [0.717, 1.165) is 5.56 Å².